The molecule has 3 N–H and O–H groups in total. The summed E-state index contributed by atoms with van der Waals surface area (Å²) in [6, 6.07) is 2.20. The fourth-order valence-corrected chi connectivity index (χ4v) is 2.87. The molecular weight excluding hydrogens is 283 g/mol. The fraction of sp³-hybridized carbons (Fsp3) is 0.538. The van der Waals surface area contributed by atoms with Crippen LogP contribution in [0.25, 0.3) is 0 Å². The molecule has 0 unspecified atom stereocenters. The van der Waals surface area contributed by atoms with Crippen molar-refractivity contribution in [2.45, 2.75) is 38.2 Å². The van der Waals surface area contributed by atoms with Gasteiger partial charge in [0.15, 0.2) is 0 Å². The van der Waals surface area contributed by atoms with Crippen LogP contribution in [0.5, 0.6) is 0 Å². The monoisotopic (exact) mass is 304 g/mol. The van der Waals surface area contributed by atoms with E-state index in [2.05, 4.69) is 4.72 Å². The predicted molar refractivity (Wildman–Crippen MR) is 76.4 cm³/mol. The van der Waals surface area contributed by atoms with E-state index in [0.717, 1.165) is 6.07 Å². The van der Waals surface area contributed by atoms with Crippen LogP contribution in [0.1, 0.15) is 26.3 Å². The van der Waals surface area contributed by atoms with E-state index in [4.69, 9.17) is 10.5 Å². The van der Waals surface area contributed by atoms with Crippen LogP contribution in [-0.2, 0) is 14.8 Å². The molecular formula is C13H21FN2O3S. The summed E-state index contributed by atoms with van der Waals surface area (Å²) < 4.78 is 45.6. The molecule has 5 nitrogen and oxygen atoms in total. The molecule has 0 aliphatic rings. The van der Waals surface area contributed by atoms with E-state index in [1.165, 1.54) is 13.0 Å². The Labute approximate surface area is 119 Å². The highest BCUT2D eigenvalue weighted by Gasteiger charge is 2.23. The molecule has 0 fully saturated rings. The van der Waals surface area contributed by atoms with Gasteiger partial charge in [-0.1, -0.05) is 0 Å². The van der Waals surface area contributed by atoms with E-state index < -0.39 is 21.4 Å². The van der Waals surface area contributed by atoms with E-state index in [9.17, 15) is 12.8 Å². The third-order valence-corrected chi connectivity index (χ3v) is 4.27. The van der Waals surface area contributed by atoms with Crippen molar-refractivity contribution >= 4 is 15.7 Å². The third-order valence-electron chi connectivity index (χ3n) is 2.89. The van der Waals surface area contributed by atoms with Crippen molar-refractivity contribution in [1.29, 1.82) is 0 Å². The van der Waals surface area contributed by atoms with Crippen molar-refractivity contribution in [1.82, 2.24) is 4.72 Å². The summed E-state index contributed by atoms with van der Waals surface area (Å²) in [5, 5.41) is 0. The van der Waals surface area contributed by atoms with Gasteiger partial charge in [0.25, 0.3) is 0 Å². The Morgan fingerprint density at radius 1 is 1.40 bits per heavy atom. The molecule has 0 saturated heterocycles. The van der Waals surface area contributed by atoms with Gasteiger partial charge in [-0.05, 0) is 39.8 Å². The molecule has 20 heavy (non-hydrogen) atoms. The first kappa shape index (κ1) is 16.9. The van der Waals surface area contributed by atoms with Gasteiger partial charge in [0.1, 0.15) is 5.82 Å². The molecule has 0 spiro atoms. The summed E-state index contributed by atoms with van der Waals surface area (Å²) in [6.45, 7) is 7.41. The van der Waals surface area contributed by atoms with Crippen LogP contribution in [0.2, 0.25) is 0 Å². The first-order valence-corrected chi connectivity index (χ1v) is 7.76. The zero-order valence-electron chi connectivity index (χ0n) is 12.2. The Balaban J connectivity index is 2.95. The van der Waals surface area contributed by atoms with Crippen LogP contribution >= 0.6 is 0 Å². The highest BCUT2D eigenvalue weighted by Crippen LogP contribution is 2.21. The Morgan fingerprint density at radius 3 is 2.50 bits per heavy atom. The average molecular weight is 304 g/mol. The summed E-state index contributed by atoms with van der Waals surface area (Å²) in [4.78, 5) is -0.189. The van der Waals surface area contributed by atoms with Gasteiger partial charge < -0.3 is 10.5 Å². The standard InChI is InChI=1S/C13H21FN2O3S/c1-5-19-13(3,4)8-16-20(17,18)10-6-11(14)9(2)12(15)7-10/h6-7,16H,5,8,15H2,1-4H3. The number of hydrogen-bond donors (Lipinski definition) is 2. The summed E-state index contributed by atoms with van der Waals surface area (Å²) in [6.07, 6.45) is 0. The molecule has 1 aromatic rings. The number of nitrogen functional groups attached to an aromatic ring is 1. The van der Waals surface area contributed by atoms with Crippen LogP contribution in [-0.4, -0.2) is 27.2 Å². The topological polar surface area (TPSA) is 81.4 Å². The number of anilines is 1. The molecule has 0 aromatic heterocycles. The van der Waals surface area contributed by atoms with Crippen molar-refractivity contribution in [3.05, 3.63) is 23.5 Å². The Morgan fingerprint density at radius 2 is 2.00 bits per heavy atom. The molecule has 114 valence electrons. The van der Waals surface area contributed by atoms with Crippen LogP contribution in [0.15, 0.2) is 17.0 Å². The molecule has 1 aromatic carbocycles. The van der Waals surface area contributed by atoms with Crippen LogP contribution in [0.3, 0.4) is 0 Å². The molecule has 0 amide bonds. The molecule has 0 radical (unpaired) electrons. The van der Waals surface area contributed by atoms with Gasteiger partial charge in [0, 0.05) is 24.4 Å². The molecule has 0 atom stereocenters. The summed E-state index contributed by atoms with van der Waals surface area (Å²) in [5.41, 5.74) is 5.29. The number of rotatable bonds is 6. The zero-order valence-corrected chi connectivity index (χ0v) is 13.0. The van der Waals surface area contributed by atoms with Crippen molar-refractivity contribution < 1.29 is 17.5 Å². The van der Waals surface area contributed by atoms with Crippen molar-refractivity contribution in [2.75, 3.05) is 18.9 Å². The maximum Gasteiger partial charge on any atom is 0.240 e. The summed E-state index contributed by atoms with van der Waals surface area (Å²) in [5.74, 6) is -0.644. The zero-order chi connectivity index (χ0) is 15.6. The number of nitrogens with one attached hydrogen (secondary N) is 1. The maximum atomic E-state index is 13.6. The number of sulfonamides is 1. The van der Waals surface area contributed by atoms with Gasteiger partial charge in [0.2, 0.25) is 10.0 Å². The molecule has 1 rings (SSSR count). The average Bonchev–Trinajstić information content (AvgIpc) is 2.33. The maximum absolute atomic E-state index is 13.6. The summed E-state index contributed by atoms with van der Waals surface area (Å²) in [7, 11) is -3.82. The lowest BCUT2D eigenvalue weighted by atomic mass is 10.1. The molecule has 0 heterocycles. The molecule has 0 bridgehead atoms. The second kappa shape index (κ2) is 6.07. The molecule has 0 aliphatic carbocycles. The summed E-state index contributed by atoms with van der Waals surface area (Å²) >= 11 is 0. The second-order valence-electron chi connectivity index (χ2n) is 5.14. The minimum absolute atomic E-state index is 0.0819. The van der Waals surface area contributed by atoms with Gasteiger partial charge >= 0.3 is 0 Å². The Bertz CT molecular complexity index is 562. The van der Waals surface area contributed by atoms with Crippen molar-refractivity contribution in [2.24, 2.45) is 0 Å². The number of hydrogen-bond acceptors (Lipinski definition) is 4. The minimum atomic E-state index is -3.82. The quantitative estimate of drug-likeness (QED) is 0.785. The highest BCUT2D eigenvalue weighted by molar-refractivity contribution is 7.89. The van der Waals surface area contributed by atoms with Gasteiger partial charge in [-0.15, -0.1) is 0 Å². The lowest BCUT2D eigenvalue weighted by Gasteiger charge is -2.24. The molecule has 7 heteroatoms. The molecule has 0 aliphatic heterocycles. The lowest BCUT2D eigenvalue weighted by molar-refractivity contribution is -0.00515. The van der Waals surface area contributed by atoms with Gasteiger partial charge in [-0.25, -0.2) is 17.5 Å². The highest BCUT2D eigenvalue weighted by atomic mass is 32.2. The van der Waals surface area contributed by atoms with Crippen molar-refractivity contribution in [3.8, 4) is 0 Å². The predicted octanol–water partition coefficient (Wildman–Crippen LogP) is 1.81. The number of halogens is 1. The van der Waals surface area contributed by atoms with E-state index in [1.54, 1.807) is 13.8 Å². The van der Waals surface area contributed by atoms with E-state index in [-0.39, 0.29) is 22.7 Å². The number of ether oxygens (including phenoxy) is 1. The number of nitrogens with two attached hydrogens (primary N) is 1. The third kappa shape index (κ3) is 4.16. The van der Waals surface area contributed by atoms with E-state index >= 15 is 0 Å². The van der Waals surface area contributed by atoms with Crippen molar-refractivity contribution in [3.63, 3.8) is 0 Å². The van der Waals surface area contributed by atoms with Crippen LogP contribution in [0, 0.1) is 12.7 Å². The van der Waals surface area contributed by atoms with Gasteiger partial charge in [-0.3, -0.25) is 0 Å². The smallest absolute Gasteiger partial charge is 0.240 e. The second-order valence-corrected chi connectivity index (χ2v) is 6.90. The van der Waals surface area contributed by atoms with Gasteiger partial charge in [-0.2, -0.15) is 0 Å². The normalized spacial score (nSPS) is 12.7. The largest absolute Gasteiger partial charge is 0.398 e. The first-order valence-electron chi connectivity index (χ1n) is 6.28. The van der Waals surface area contributed by atoms with Crippen LogP contribution in [0.4, 0.5) is 10.1 Å². The SMILES string of the molecule is CCOC(C)(C)CNS(=O)(=O)c1cc(N)c(C)c(F)c1. The van der Waals surface area contributed by atoms with E-state index in [1.807, 2.05) is 6.92 Å². The molecule has 0 saturated carbocycles. The lowest BCUT2D eigenvalue weighted by Crippen LogP contribution is -2.40. The minimum Gasteiger partial charge on any atom is -0.398 e. The van der Waals surface area contributed by atoms with E-state index in [0.29, 0.717) is 6.61 Å². The Kier molecular flexibility index (Phi) is 5.12. The van der Waals surface area contributed by atoms with Gasteiger partial charge in [0.05, 0.1) is 10.5 Å². The number of benzene rings is 1. The fourth-order valence-electron chi connectivity index (χ4n) is 1.62. The first-order chi connectivity index (χ1) is 9.09. The van der Waals surface area contributed by atoms with Crippen LogP contribution < -0.4 is 10.5 Å². The Hall–Kier alpha value is -1.18.